The third-order valence-electron chi connectivity index (χ3n) is 12.2. The monoisotopic (exact) mass is 1190 g/mol. The molecule has 0 amide bonds. The summed E-state index contributed by atoms with van der Waals surface area (Å²) < 4.78 is 0. The average Bonchev–Trinajstić information content (AvgIpc) is 3.55. The van der Waals surface area contributed by atoms with Crippen molar-refractivity contribution in [1.29, 1.82) is 0 Å². The van der Waals surface area contributed by atoms with Gasteiger partial charge in [-0.2, -0.15) is 0 Å². The van der Waals surface area contributed by atoms with Crippen LogP contribution in [-0.2, 0) is 17.3 Å². The molecule has 0 fully saturated rings. The van der Waals surface area contributed by atoms with Crippen LogP contribution in [0.15, 0.2) is 364 Å². The first-order chi connectivity index (χ1) is 38.8. The van der Waals surface area contributed by atoms with Gasteiger partial charge in [0.1, 0.15) is 0 Å². The summed E-state index contributed by atoms with van der Waals surface area (Å²) in [5, 5.41) is 16.8. The Kier molecular flexibility index (Phi) is 24.2. The molecule has 0 aromatic heterocycles. The van der Waals surface area contributed by atoms with E-state index in [2.05, 4.69) is 374 Å². The van der Waals surface area contributed by atoms with E-state index in [9.17, 15) is 0 Å². The predicted molar refractivity (Wildman–Crippen MR) is 346 cm³/mol. The Hall–Kier alpha value is -6.73. The zero-order valence-electron chi connectivity index (χ0n) is 43.1. The molecule has 0 nitrogen and oxygen atoms in total. The molecule has 78 heavy (non-hydrogen) atoms. The molecule has 0 N–H and O–H groups in total. The molecule has 0 heterocycles. The molecule has 0 aliphatic carbocycles. The molecule has 12 aromatic carbocycles. The third-order valence-corrected chi connectivity index (χ3v) is 21.9. The number of hydrogen-bond donors (Lipinski definition) is 0. The molecule has 0 aliphatic heterocycles. The van der Waals surface area contributed by atoms with Gasteiger partial charge in [0, 0.05) is 0 Å². The van der Waals surface area contributed by atoms with Gasteiger partial charge in [-0.05, 0) is 95.3 Å². The van der Waals surface area contributed by atoms with Crippen molar-refractivity contribution in [1.82, 2.24) is 0 Å². The maximum atomic E-state index is 4.53. The number of halogens is 1. The zero-order chi connectivity index (χ0) is 53.7. The van der Waals surface area contributed by atoms with Crippen LogP contribution in [0.1, 0.15) is 0 Å². The van der Waals surface area contributed by atoms with E-state index >= 15 is 0 Å². The first kappa shape index (κ1) is 57.4. The zero-order valence-corrected chi connectivity index (χ0v) is 49.1. The standard InChI is InChI=1S/4C18H15P.ClH.Rh/c4*1-4-10-16(11-5-1)19(17-12-6-2-7-13-17)18-14-8-3-9-15-18;;/h4*1-15H;1H;/q;;;;;+1/p-1. The van der Waals surface area contributed by atoms with Gasteiger partial charge in [-0.15, -0.1) is 0 Å². The van der Waals surface area contributed by atoms with E-state index in [1.165, 1.54) is 63.7 Å². The number of rotatable bonds is 12. The Morgan fingerprint density at radius 3 is 0.256 bits per heavy atom. The minimum atomic E-state index is -0.446. The van der Waals surface area contributed by atoms with E-state index in [0.717, 1.165) is 0 Å². The molecule has 0 saturated heterocycles. The van der Waals surface area contributed by atoms with Crippen molar-refractivity contribution in [2.45, 2.75) is 0 Å². The Morgan fingerprint density at radius 1 is 0.128 bits per heavy atom. The van der Waals surface area contributed by atoms with Crippen LogP contribution in [-0.4, -0.2) is 0 Å². The van der Waals surface area contributed by atoms with Crippen LogP contribution in [0.3, 0.4) is 0 Å². The Morgan fingerprint density at radius 2 is 0.192 bits per heavy atom. The summed E-state index contributed by atoms with van der Waals surface area (Å²) in [6.07, 6.45) is 0. The van der Waals surface area contributed by atoms with Gasteiger partial charge in [0.15, 0.2) is 0 Å². The van der Waals surface area contributed by atoms with Gasteiger partial charge < -0.3 is 0 Å². The predicted octanol–water partition coefficient (Wildman–Crippen LogP) is 14.5. The van der Waals surface area contributed by atoms with Crippen LogP contribution in [0, 0.1) is 0 Å². The van der Waals surface area contributed by atoms with E-state index in [-0.39, 0.29) is 0 Å². The van der Waals surface area contributed by atoms with Crippen molar-refractivity contribution in [3.63, 3.8) is 0 Å². The first-order valence-corrected chi connectivity index (χ1v) is 33.2. The maximum absolute atomic E-state index is 4.53. The smallest absolute Gasteiger partial charge is 0.0134 e. The molecule has 0 bridgehead atoms. The van der Waals surface area contributed by atoms with Crippen molar-refractivity contribution >= 4 is 105 Å². The van der Waals surface area contributed by atoms with Gasteiger partial charge in [-0.25, -0.2) is 0 Å². The van der Waals surface area contributed by atoms with Crippen molar-refractivity contribution in [2.75, 3.05) is 0 Å². The summed E-state index contributed by atoms with van der Waals surface area (Å²) in [6, 6.07) is 129. The molecule has 0 radical (unpaired) electrons. The van der Waals surface area contributed by atoms with Gasteiger partial charge in [-0.1, -0.05) is 364 Å². The number of hydrogen-bond acceptors (Lipinski definition) is 0. The summed E-state index contributed by atoms with van der Waals surface area (Å²) in [7, 11) is 2.74. The summed E-state index contributed by atoms with van der Waals surface area (Å²) in [6.45, 7) is 0. The topological polar surface area (TPSA) is 0 Å². The van der Waals surface area contributed by atoms with Crippen LogP contribution in [0.4, 0.5) is 0 Å². The van der Waals surface area contributed by atoms with Crippen molar-refractivity contribution < 1.29 is 17.3 Å². The molecule has 6 heteroatoms. The molecule has 0 unspecified atom stereocenters. The molecule has 0 spiro atoms. The molecular weight excluding hydrogens is 1130 g/mol. The normalized spacial score (nSPS) is 10.4. The second-order valence-electron chi connectivity index (χ2n) is 17.4. The Balaban J connectivity index is 0.000000136. The quantitative estimate of drug-likeness (QED) is 0.0845. The maximum Gasteiger partial charge on any atom is -0.0134 e. The van der Waals surface area contributed by atoms with Crippen LogP contribution in [0.25, 0.3) is 0 Å². The average molecular weight is 1190 g/mol. The summed E-state index contributed by atoms with van der Waals surface area (Å²) in [4.78, 5) is 0. The van der Waals surface area contributed by atoms with Gasteiger partial charge >= 0.3 is 27.0 Å². The third kappa shape index (κ3) is 17.1. The van der Waals surface area contributed by atoms with E-state index in [1.807, 2.05) is 17.3 Å². The van der Waals surface area contributed by atoms with E-state index in [1.54, 1.807) is 0 Å². The van der Waals surface area contributed by atoms with Crippen LogP contribution in [0.5, 0.6) is 0 Å². The molecule has 384 valence electrons. The molecule has 12 aromatic rings. The summed E-state index contributed by atoms with van der Waals surface area (Å²) >= 11 is 2.02. The fourth-order valence-corrected chi connectivity index (χ4v) is 17.9. The Bertz CT molecular complexity index is 2580. The van der Waals surface area contributed by atoms with Crippen LogP contribution < -0.4 is 63.7 Å². The molecule has 0 saturated carbocycles. The molecule has 12 rings (SSSR count). The second kappa shape index (κ2) is 32.9. The first-order valence-electron chi connectivity index (χ1n) is 25.7. The molecule has 0 aliphatic rings. The van der Waals surface area contributed by atoms with Crippen molar-refractivity contribution in [2.24, 2.45) is 0 Å². The minimum Gasteiger partial charge on any atom is -0.0622 e. The van der Waals surface area contributed by atoms with Gasteiger partial charge in [-0.3, -0.25) is 0 Å². The second-order valence-corrected chi connectivity index (χ2v) is 26.2. The van der Waals surface area contributed by atoms with Crippen molar-refractivity contribution in [3.8, 4) is 0 Å². The summed E-state index contributed by atoms with van der Waals surface area (Å²) in [5.74, 6) is 0. The van der Waals surface area contributed by atoms with Gasteiger partial charge in [0.2, 0.25) is 0 Å². The summed E-state index contributed by atoms with van der Waals surface area (Å²) in [5.41, 5.74) is 0. The number of benzene rings is 12. The molecule has 0 atom stereocenters. The SMILES string of the molecule is [Cl][Rh].c1ccc(P(c2ccccc2)c2ccccc2)cc1.c1ccc(P(c2ccccc2)c2ccccc2)cc1.c1ccc(P(c2ccccc2)c2ccccc2)cc1.c1ccc(P(c2ccccc2)c2ccccc2)cc1. The fourth-order valence-electron chi connectivity index (χ4n) is 8.71. The minimum absolute atomic E-state index is 0.446. The Labute approximate surface area is 482 Å². The van der Waals surface area contributed by atoms with Crippen LogP contribution in [0.2, 0.25) is 0 Å². The van der Waals surface area contributed by atoms with E-state index in [0.29, 0.717) is 0 Å². The van der Waals surface area contributed by atoms with Gasteiger partial charge in [0.05, 0.1) is 0 Å². The fraction of sp³-hybridized carbons (Fsp3) is 0. The molecular formula is C72H60ClP4Rh. The van der Waals surface area contributed by atoms with Crippen LogP contribution >= 0.6 is 41.4 Å². The largest absolute Gasteiger partial charge is 0.0622 e. The van der Waals surface area contributed by atoms with E-state index in [4.69, 9.17) is 0 Å². The van der Waals surface area contributed by atoms with Gasteiger partial charge in [0.25, 0.3) is 0 Å². The van der Waals surface area contributed by atoms with E-state index < -0.39 is 31.7 Å². The van der Waals surface area contributed by atoms with Crippen molar-refractivity contribution in [3.05, 3.63) is 364 Å².